The summed E-state index contributed by atoms with van der Waals surface area (Å²) in [5.41, 5.74) is 3.43. The van der Waals surface area contributed by atoms with Crippen molar-refractivity contribution in [3.63, 3.8) is 0 Å². The Kier molecular flexibility index (Phi) is 5.73. The second-order valence-electron chi connectivity index (χ2n) is 5.41. The highest BCUT2D eigenvalue weighted by molar-refractivity contribution is 9.10. The normalized spacial score (nSPS) is 10.9. The van der Waals surface area contributed by atoms with E-state index in [1.54, 1.807) is 42.5 Å². The van der Waals surface area contributed by atoms with Crippen LogP contribution in [0.3, 0.4) is 0 Å². The SMILES string of the molecule is O=C(N/N=C\c1ccc(-c2ccc(Cl)c(C(=O)O)c2)o1)c1ccc(Br)cc1. The molecule has 0 aliphatic heterocycles. The van der Waals surface area contributed by atoms with E-state index >= 15 is 0 Å². The van der Waals surface area contributed by atoms with Gasteiger partial charge in [-0.3, -0.25) is 4.79 Å². The zero-order chi connectivity index (χ0) is 19.4. The van der Waals surface area contributed by atoms with Crippen molar-refractivity contribution in [3.05, 3.63) is 81.0 Å². The Bertz CT molecular complexity index is 1030. The quantitative estimate of drug-likeness (QED) is 0.433. The molecule has 8 heteroatoms. The van der Waals surface area contributed by atoms with E-state index in [2.05, 4.69) is 26.5 Å². The summed E-state index contributed by atoms with van der Waals surface area (Å²) in [4.78, 5) is 23.1. The number of rotatable bonds is 5. The first-order valence-corrected chi connectivity index (χ1v) is 8.83. The summed E-state index contributed by atoms with van der Waals surface area (Å²) in [5.74, 6) is -0.622. The van der Waals surface area contributed by atoms with E-state index in [1.807, 2.05) is 0 Å². The molecule has 0 unspecified atom stereocenters. The summed E-state index contributed by atoms with van der Waals surface area (Å²) in [6, 6.07) is 14.8. The molecule has 27 heavy (non-hydrogen) atoms. The third kappa shape index (κ3) is 4.64. The van der Waals surface area contributed by atoms with Crippen LogP contribution in [0.15, 0.2) is 68.6 Å². The van der Waals surface area contributed by atoms with Crippen molar-refractivity contribution >= 4 is 45.6 Å². The van der Waals surface area contributed by atoms with Crippen molar-refractivity contribution in [2.75, 3.05) is 0 Å². The smallest absolute Gasteiger partial charge is 0.337 e. The van der Waals surface area contributed by atoms with E-state index in [9.17, 15) is 9.59 Å². The molecule has 0 saturated heterocycles. The maximum atomic E-state index is 12.0. The molecule has 0 bridgehead atoms. The highest BCUT2D eigenvalue weighted by Gasteiger charge is 2.12. The number of nitrogens with zero attached hydrogens (tertiary/aromatic N) is 1. The monoisotopic (exact) mass is 446 g/mol. The number of hydrazone groups is 1. The fourth-order valence-corrected chi connectivity index (χ4v) is 2.70. The maximum Gasteiger partial charge on any atom is 0.337 e. The summed E-state index contributed by atoms with van der Waals surface area (Å²) in [6.45, 7) is 0. The lowest BCUT2D eigenvalue weighted by atomic mass is 10.1. The van der Waals surface area contributed by atoms with E-state index < -0.39 is 5.97 Å². The molecule has 1 aromatic heterocycles. The number of amides is 1. The predicted molar refractivity (Wildman–Crippen MR) is 105 cm³/mol. The molecule has 0 atom stereocenters. The van der Waals surface area contributed by atoms with Crippen LogP contribution in [0.4, 0.5) is 0 Å². The Balaban J connectivity index is 1.70. The van der Waals surface area contributed by atoms with Gasteiger partial charge >= 0.3 is 5.97 Å². The van der Waals surface area contributed by atoms with Crippen LogP contribution >= 0.6 is 27.5 Å². The first kappa shape index (κ1) is 18.9. The van der Waals surface area contributed by atoms with Gasteiger partial charge in [0.05, 0.1) is 16.8 Å². The van der Waals surface area contributed by atoms with Crippen LogP contribution in [0.5, 0.6) is 0 Å². The largest absolute Gasteiger partial charge is 0.478 e. The standard InChI is InChI=1S/C19H12BrClN2O4/c20-13-4-1-11(2-5-13)18(24)23-22-10-14-6-8-17(27-14)12-3-7-16(21)15(9-12)19(25)26/h1-10H,(H,23,24)(H,25,26)/b22-10-. The molecule has 0 fully saturated rings. The van der Waals surface area contributed by atoms with Crippen LogP contribution in [-0.4, -0.2) is 23.2 Å². The molecule has 6 nitrogen and oxygen atoms in total. The minimum absolute atomic E-state index is 0.0115. The Hall–Kier alpha value is -2.90. The molecule has 1 heterocycles. The first-order chi connectivity index (χ1) is 12.9. The molecule has 1 amide bonds. The highest BCUT2D eigenvalue weighted by atomic mass is 79.9. The van der Waals surface area contributed by atoms with Gasteiger partial charge in [-0.2, -0.15) is 5.10 Å². The van der Waals surface area contributed by atoms with Crippen molar-refractivity contribution in [2.24, 2.45) is 5.10 Å². The van der Waals surface area contributed by atoms with Gasteiger partial charge in [-0.15, -0.1) is 0 Å². The van der Waals surface area contributed by atoms with Gasteiger partial charge in [0.15, 0.2) is 0 Å². The second kappa shape index (κ2) is 8.20. The van der Waals surface area contributed by atoms with Crippen molar-refractivity contribution in [1.82, 2.24) is 5.43 Å². The summed E-state index contributed by atoms with van der Waals surface area (Å²) >= 11 is 9.17. The summed E-state index contributed by atoms with van der Waals surface area (Å²) < 4.78 is 6.48. The molecule has 0 radical (unpaired) electrons. The Morgan fingerprint density at radius 1 is 1.11 bits per heavy atom. The number of benzene rings is 2. The third-order valence-corrected chi connectivity index (χ3v) is 4.43. The zero-order valence-corrected chi connectivity index (χ0v) is 16.0. The zero-order valence-electron chi connectivity index (χ0n) is 13.6. The summed E-state index contributed by atoms with van der Waals surface area (Å²) in [5, 5.41) is 13.2. The van der Waals surface area contributed by atoms with Crippen LogP contribution in [0, 0.1) is 0 Å². The summed E-state index contributed by atoms with van der Waals surface area (Å²) in [6.07, 6.45) is 1.36. The number of nitrogens with one attached hydrogen (secondary N) is 1. The van der Waals surface area contributed by atoms with Crippen LogP contribution < -0.4 is 5.43 Å². The van der Waals surface area contributed by atoms with Gasteiger partial charge < -0.3 is 9.52 Å². The number of carboxylic acids is 1. The van der Waals surface area contributed by atoms with Crippen molar-refractivity contribution in [3.8, 4) is 11.3 Å². The van der Waals surface area contributed by atoms with Gasteiger partial charge in [-0.25, -0.2) is 10.2 Å². The van der Waals surface area contributed by atoms with Crippen LogP contribution in [0.25, 0.3) is 11.3 Å². The van der Waals surface area contributed by atoms with Crippen LogP contribution in [0.1, 0.15) is 26.5 Å². The lowest BCUT2D eigenvalue weighted by molar-refractivity contribution is 0.0697. The second-order valence-corrected chi connectivity index (χ2v) is 6.73. The van der Waals surface area contributed by atoms with Crippen LogP contribution in [0.2, 0.25) is 5.02 Å². The van der Waals surface area contributed by atoms with Crippen molar-refractivity contribution < 1.29 is 19.1 Å². The summed E-state index contributed by atoms with van der Waals surface area (Å²) in [7, 11) is 0. The average molecular weight is 448 g/mol. The number of furan rings is 1. The lowest BCUT2D eigenvalue weighted by Crippen LogP contribution is -2.17. The van der Waals surface area contributed by atoms with Crippen molar-refractivity contribution in [2.45, 2.75) is 0 Å². The average Bonchev–Trinajstić information content (AvgIpc) is 3.11. The fraction of sp³-hybridized carbons (Fsp3) is 0. The maximum absolute atomic E-state index is 12.0. The van der Waals surface area contributed by atoms with E-state index in [1.165, 1.54) is 18.3 Å². The van der Waals surface area contributed by atoms with E-state index in [-0.39, 0.29) is 16.5 Å². The number of carbonyl (C=O) groups excluding carboxylic acids is 1. The molecule has 0 aliphatic carbocycles. The number of hydrogen-bond acceptors (Lipinski definition) is 4. The molecular weight excluding hydrogens is 436 g/mol. The van der Waals surface area contributed by atoms with E-state index in [4.69, 9.17) is 21.1 Å². The van der Waals surface area contributed by atoms with E-state index in [0.717, 1.165) is 4.47 Å². The molecule has 2 aromatic carbocycles. The molecule has 136 valence electrons. The molecule has 0 spiro atoms. The van der Waals surface area contributed by atoms with Gasteiger partial charge in [-0.1, -0.05) is 27.5 Å². The van der Waals surface area contributed by atoms with Gasteiger partial charge in [0.25, 0.3) is 5.91 Å². The number of halogens is 2. The molecule has 3 aromatic rings. The minimum Gasteiger partial charge on any atom is -0.478 e. The molecule has 3 rings (SSSR count). The van der Waals surface area contributed by atoms with Gasteiger partial charge in [0, 0.05) is 15.6 Å². The molecule has 0 aliphatic rings. The lowest BCUT2D eigenvalue weighted by Gasteiger charge is -2.02. The number of hydrogen-bond donors (Lipinski definition) is 2. The van der Waals surface area contributed by atoms with E-state index in [0.29, 0.717) is 22.6 Å². The third-order valence-electron chi connectivity index (χ3n) is 3.57. The topological polar surface area (TPSA) is 91.9 Å². The first-order valence-electron chi connectivity index (χ1n) is 7.66. The molecule has 0 saturated carbocycles. The number of carbonyl (C=O) groups is 2. The Morgan fingerprint density at radius 3 is 2.56 bits per heavy atom. The molecular formula is C19H12BrClN2O4. The Labute approximate surface area is 167 Å². The number of carboxylic acid groups (broad SMARTS) is 1. The minimum atomic E-state index is -1.12. The Morgan fingerprint density at radius 2 is 1.85 bits per heavy atom. The van der Waals surface area contributed by atoms with Crippen molar-refractivity contribution in [1.29, 1.82) is 0 Å². The highest BCUT2D eigenvalue weighted by Crippen LogP contribution is 2.26. The van der Waals surface area contributed by atoms with Gasteiger partial charge in [0.1, 0.15) is 11.5 Å². The fourth-order valence-electron chi connectivity index (χ4n) is 2.24. The van der Waals surface area contributed by atoms with Gasteiger partial charge in [0.2, 0.25) is 0 Å². The van der Waals surface area contributed by atoms with Gasteiger partial charge in [-0.05, 0) is 54.6 Å². The number of aromatic carboxylic acids is 1. The van der Waals surface area contributed by atoms with Crippen LogP contribution in [-0.2, 0) is 0 Å². The molecule has 2 N–H and O–H groups in total. The predicted octanol–water partition coefficient (Wildman–Crippen LogP) is 4.82.